The van der Waals surface area contributed by atoms with Crippen LogP contribution in [0.2, 0.25) is 10.0 Å². The van der Waals surface area contributed by atoms with Crippen LogP contribution in [0.5, 0.6) is 5.75 Å². The van der Waals surface area contributed by atoms with Gasteiger partial charge in [0.2, 0.25) is 5.91 Å². The lowest BCUT2D eigenvalue weighted by molar-refractivity contribution is -0.119. The summed E-state index contributed by atoms with van der Waals surface area (Å²) in [6.07, 6.45) is -0.0474. The molecule has 9 heteroatoms. The molecule has 0 aliphatic carbocycles. The number of primary amides is 1. The first-order chi connectivity index (χ1) is 17.7. The molecule has 0 aliphatic heterocycles. The molecule has 1 atom stereocenters. The molecule has 1 aromatic heterocycles. The Morgan fingerprint density at radius 2 is 1.73 bits per heavy atom. The number of ether oxygens (including phenoxy) is 1. The number of amides is 1. The van der Waals surface area contributed by atoms with Gasteiger partial charge in [0, 0.05) is 35.5 Å². The monoisotopic (exact) mass is 539 g/mol. The fourth-order valence-corrected chi connectivity index (χ4v) is 4.80. The maximum Gasteiger partial charge on any atom is 0.352 e. The minimum Gasteiger partial charge on any atom is -0.489 e. The molecule has 192 valence electrons. The molecule has 0 saturated heterocycles. The summed E-state index contributed by atoms with van der Waals surface area (Å²) in [5.41, 5.74) is 8.60. The first-order valence-corrected chi connectivity index (χ1v) is 12.4. The molecule has 1 unspecified atom stereocenters. The first kappa shape index (κ1) is 26.5. The third-order valence-corrected chi connectivity index (χ3v) is 6.94. The van der Waals surface area contributed by atoms with Crippen LogP contribution in [0.4, 0.5) is 0 Å². The number of halogens is 2. The summed E-state index contributed by atoms with van der Waals surface area (Å²) in [5, 5.41) is 11.8. The highest BCUT2D eigenvalue weighted by Gasteiger charge is 2.30. The van der Waals surface area contributed by atoms with E-state index >= 15 is 0 Å². The summed E-state index contributed by atoms with van der Waals surface area (Å²) in [7, 11) is 3.58. The van der Waals surface area contributed by atoms with Gasteiger partial charge in [-0.15, -0.1) is 0 Å². The van der Waals surface area contributed by atoms with Crippen LogP contribution < -0.4 is 10.5 Å². The molecular weight excluding hydrogens is 513 g/mol. The van der Waals surface area contributed by atoms with Gasteiger partial charge in [-0.2, -0.15) is 0 Å². The highest BCUT2D eigenvalue weighted by atomic mass is 35.5. The van der Waals surface area contributed by atoms with Gasteiger partial charge < -0.3 is 25.0 Å². The van der Waals surface area contributed by atoms with Crippen LogP contribution in [-0.2, 0) is 17.9 Å². The second kappa shape index (κ2) is 11.3. The zero-order chi connectivity index (χ0) is 26.7. The molecule has 4 rings (SSSR count). The maximum absolute atomic E-state index is 12.7. The van der Waals surface area contributed by atoms with Crippen molar-refractivity contribution in [2.24, 2.45) is 5.73 Å². The van der Waals surface area contributed by atoms with Gasteiger partial charge >= 0.3 is 5.97 Å². The van der Waals surface area contributed by atoms with Gasteiger partial charge in [-0.1, -0.05) is 59.6 Å². The standard InChI is InChI=1S/C28H27Cl2N3O4/c1-32(2)24(14-25(31)34)26-20-13-19(37-16-17-6-4-3-5-7-17)9-11-23(20)33(27(26)28(35)36)15-18-8-10-21(29)22(30)12-18/h3-13,24H,14-16H2,1-2H3,(H2,31,34)(H,35,36). The average molecular weight is 540 g/mol. The Morgan fingerprint density at radius 3 is 2.35 bits per heavy atom. The van der Waals surface area contributed by atoms with E-state index in [0.717, 1.165) is 11.1 Å². The summed E-state index contributed by atoms with van der Waals surface area (Å²) < 4.78 is 7.75. The van der Waals surface area contributed by atoms with Crippen LogP contribution in [0.3, 0.4) is 0 Å². The van der Waals surface area contributed by atoms with Crippen molar-refractivity contribution in [3.63, 3.8) is 0 Å². The largest absolute Gasteiger partial charge is 0.489 e. The van der Waals surface area contributed by atoms with Crippen molar-refractivity contribution in [2.45, 2.75) is 25.6 Å². The Balaban J connectivity index is 1.89. The van der Waals surface area contributed by atoms with Gasteiger partial charge in [0.1, 0.15) is 18.1 Å². The fraction of sp³-hybridized carbons (Fsp3) is 0.214. The number of carbonyl (C=O) groups excluding carboxylic acids is 1. The number of aromatic carboxylic acids is 1. The van der Waals surface area contributed by atoms with E-state index in [1.165, 1.54) is 0 Å². The number of carbonyl (C=O) groups is 2. The number of aromatic nitrogens is 1. The van der Waals surface area contributed by atoms with Crippen LogP contribution >= 0.6 is 23.2 Å². The smallest absolute Gasteiger partial charge is 0.352 e. The maximum atomic E-state index is 12.7. The van der Waals surface area contributed by atoms with Crippen LogP contribution in [0.1, 0.15) is 39.6 Å². The summed E-state index contributed by atoms with van der Waals surface area (Å²) in [4.78, 5) is 26.5. The lowest BCUT2D eigenvalue weighted by atomic mass is 9.98. The molecule has 0 saturated carbocycles. The van der Waals surface area contributed by atoms with E-state index in [-0.39, 0.29) is 18.7 Å². The lowest BCUT2D eigenvalue weighted by Gasteiger charge is -2.24. The quantitative estimate of drug-likeness (QED) is 0.267. The highest BCUT2D eigenvalue weighted by Crippen LogP contribution is 2.38. The molecular formula is C28H27Cl2N3O4. The minimum absolute atomic E-state index is 0.0474. The molecule has 0 bridgehead atoms. The molecule has 4 aromatic rings. The summed E-state index contributed by atoms with van der Waals surface area (Å²) in [5.74, 6) is -1.07. The Morgan fingerprint density at radius 1 is 1.00 bits per heavy atom. The third-order valence-electron chi connectivity index (χ3n) is 6.20. The van der Waals surface area contributed by atoms with Crippen LogP contribution in [0.15, 0.2) is 66.7 Å². The van der Waals surface area contributed by atoms with Gasteiger partial charge in [0.05, 0.1) is 10.0 Å². The second-order valence-electron chi connectivity index (χ2n) is 9.01. The number of carboxylic acids is 1. The van der Waals surface area contributed by atoms with Crippen molar-refractivity contribution in [3.8, 4) is 5.75 Å². The topological polar surface area (TPSA) is 97.8 Å². The van der Waals surface area contributed by atoms with Crippen molar-refractivity contribution in [2.75, 3.05) is 14.1 Å². The Kier molecular flexibility index (Phi) is 8.07. The Labute approximate surface area is 225 Å². The van der Waals surface area contributed by atoms with E-state index in [9.17, 15) is 14.7 Å². The first-order valence-electron chi connectivity index (χ1n) is 11.6. The Bertz CT molecular complexity index is 1450. The van der Waals surface area contributed by atoms with Crippen molar-refractivity contribution in [1.82, 2.24) is 9.47 Å². The SMILES string of the molecule is CN(C)C(CC(N)=O)c1c(C(=O)O)n(Cc2ccc(Cl)c(Cl)c2)c2ccc(OCc3ccccc3)cc12. The molecule has 7 nitrogen and oxygen atoms in total. The molecule has 37 heavy (non-hydrogen) atoms. The number of hydrogen-bond acceptors (Lipinski definition) is 4. The number of benzene rings is 3. The zero-order valence-corrected chi connectivity index (χ0v) is 22.0. The van der Waals surface area contributed by atoms with Crippen LogP contribution in [0, 0.1) is 0 Å². The van der Waals surface area contributed by atoms with E-state index in [4.69, 9.17) is 33.7 Å². The molecule has 0 radical (unpaired) electrons. The lowest BCUT2D eigenvalue weighted by Crippen LogP contribution is -2.27. The molecule has 0 aliphatic rings. The van der Waals surface area contributed by atoms with E-state index in [1.54, 1.807) is 41.8 Å². The highest BCUT2D eigenvalue weighted by molar-refractivity contribution is 6.42. The summed E-state index contributed by atoms with van der Waals surface area (Å²) >= 11 is 12.3. The van der Waals surface area contributed by atoms with Gasteiger partial charge in [0.15, 0.2) is 0 Å². The van der Waals surface area contributed by atoms with Gasteiger partial charge in [-0.3, -0.25) is 4.79 Å². The molecule has 3 N–H and O–H groups in total. The van der Waals surface area contributed by atoms with Crippen LogP contribution in [-0.4, -0.2) is 40.5 Å². The average Bonchev–Trinajstić information content (AvgIpc) is 3.17. The van der Waals surface area contributed by atoms with E-state index < -0.39 is 17.9 Å². The third kappa shape index (κ3) is 5.91. The number of rotatable bonds is 10. The van der Waals surface area contributed by atoms with Crippen LogP contribution in [0.25, 0.3) is 10.9 Å². The van der Waals surface area contributed by atoms with Crippen molar-refractivity contribution >= 4 is 46.0 Å². The fourth-order valence-electron chi connectivity index (χ4n) is 4.48. The Hall–Kier alpha value is -3.52. The predicted octanol–water partition coefficient (Wildman–Crippen LogP) is 5.75. The van der Waals surface area contributed by atoms with Crippen molar-refractivity contribution in [3.05, 3.63) is 99.2 Å². The van der Waals surface area contributed by atoms with E-state index in [1.807, 2.05) is 48.5 Å². The van der Waals surface area contributed by atoms with Crippen molar-refractivity contribution < 1.29 is 19.4 Å². The summed E-state index contributed by atoms with van der Waals surface area (Å²) in [6.45, 7) is 0.589. The molecule has 0 spiro atoms. The number of nitrogens with two attached hydrogens (primary N) is 1. The van der Waals surface area contributed by atoms with Gasteiger partial charge in [-0.25, -0.2) is 4.79 Å². The predicted molar refractivity (Wildman–Crippen MR) is 145 cm³/mol. The molecule has 3 aromatic carbocycles. The normalized spacial score (nSPS) is 12.1. The zero-order valence-electron chi connectivity index (χ0n) is 20.4. The molecule has 1 amide bonds. The summed E-state index contributed by atoms with van der Waals surface area (Å²) in [6, 6.07) is 19.8. The second-order valence-corrected chi connectivity index (χ2v) is 9.82. The molecule has 1 heterocycles. The van der Waals surface area contributed by atoms with Gasteiger partial charge in [-0.05, 0) is 55.6 Å². The number of hydrogen-bond donors (Lipinski definition) is 2. The molecule has 0 fully saturated rings. The number of fused-ring (bicyclic) bond motifs is 1. The van der Waals surface area contributed by atoms with E-state index in [0.29, 0.717) is 38.9 Å². The van der Waals surface area contributed by atoms with Crippen molar-refractivity contribution in [1.29, 1.82) is 0 Å². The van der Waals surface area contributed by atoms with Gasteiger partial charge in [0.25, 0.3) is 0 Å². The number of carboxylic acid groups (broad SMARTS) is 1. The minimum atomic E-state index is -1.12. The van der Waals surface area contributed by atoms with E-state index in [2.05, 4.69) is 0 Å². The number of nitrogens with zero attached hydrogens (tertiary/aromatic N) is 2.